The van der Waals surface area contributed by atoms with Gasteiger partial charge in [-0.25, -0.2) is 0 Å². The van der Waals surface area contributed by atoms with Crippen molar-refractivity contribution in [2.24, 2.45) is 5.73 Å². The van der Waals surface area contributed by atoms with Crippen LogP contribution in [0.4, 0.5) is 0 Å². The summed E-state index contributed by atoms with van der Waals surface area (Å²) in [5.41, 5.74) is 8.94. The van der Waals surface area contributed by atoms with Crippen LogP contribution in [-0.2, 0) is 6.42 Å². The summed E-state index contributed by atoms with van der Waals surface area (Å²) in [5.74, 6) is 0.214. The summed E-state index contributed by atoms with van der Waals surface area (Å²) in [6, 6.07) is 10.2. The normalized spacial score (nSPS) is 10.1. The molecule has 2 rings (SSSR count). The second kappa shape index (κ2) is 4.28. The van der Waals surface area contributed by atoms with Crippen LogP contribution in [0.25, 0.3) is 11.1 Å². The molecule has 2 aromatic rings. The predicted molar refractivity (Wildman–Crippen MR) is 65.4 cm³/mol. The highest BCUT2D eigenvalue weighted by Crippen LogP contribution is 2.27. The van der Waals surface area contributed by atoms with Crippen LogP contribution in [0, 0.1) is 5.41 Å². The Hall–Kier alpha value is -1.61. The Bertz CT molecular complexity index is 459. The van der Waals surface area contributed by atoms with Gasteiger partial charge in [0, 0.05) is 6.42 Å². The molecule has 0 atom stereocenters. The van der Waals surface area contributed by atoms with Crippen molar-refractivity contribution in [2.45, 2.75) is 6.42 Å². The molecular formula is C12H12N2S. The molecule has 76 valence electrons. The van der Waals surface area contributed by atoms with Gasteiger partial charge in [-0.15, -0.1) is 0 Å². The van der Waals surface area contributed by atoms with Gasteiger partial charge in [0.05, 0.1) is 5.84 Å². The number of hydrogen-bond donors (Lipinski definition) is 2. The van der Waals surface area contributed by atoms with Crippen LogP contribution in [0.15, 0.2) is 41.1 Å². The quantitative estimate of drug-likeness (QED) is 0.601. The first-order valence-electron chi connectivity index (χ1n) is 4.71. The van der Waals surface area contributed by atoms with E-state index in [4.69, 9.17) is 11.1 Å². The Morgan fingerprint density at radius 3 is 2.60 bits per heavy atom. The Balaban J connectivity index is 2.37. The Labute approximate surface area is 92.9 Å². The second-order valence-electron chi connectivity index (χ2n) is 3.38. The summed E-state index contributed by atoms with van der Waals surface area (Å²) in [5, 5.41) is 11.5. The third-order valence-electron chi connectivity index (χ3n) is 2.21. The van der Waals surface area contributed by atoms with Crippen molar-refractivity contribution in [1.29, 1.82) is 5.41 Å². The van der Waals surface area contributed by atoms with E-state index in [0.29, 0.717) is 6.42 Å². The average Bonchev–Trinajstić information content (AvgIpc) is 2.66. The first kappa shape index (κ1) is 9.93. The van der Waals surface area contributed by atoms with Gasteiger partial charge in [-0.3, -0.25) is 5.41 Å². The van der Waals surface area contributed by atoms with Crippen molar-refractivity contribution in [3.63, 3.8) is 0 Å². The lowest BCUT2D eigenvalue weighted by Gasteiger charge is -2.02. The summed E-state index contributed by atoms with van der Waals surface area (Å²) in [4.78, 5) is 0. The van der Waals surface area contributed by atoms with Crippen LogP contribution in [-0.4, -0.2) is 5.84 Å². The van der Waals surface area contributed by atoms with Crippen molar-refractivity contribution in [3.8, 4) is 11.1 Å². The highest BCUT2D eigenvalue weighted by atomic mass is 32.1. The van der Waals surface area contributed by atoms with E-state index in [9.17, 15) is 0 Å². The molecule has 1 aromatic carbocycles. The van der Waals surface area contributed by atoms with Gasteiger partial charge in [0.25, 0.3) is 0 Å². The maximum absolute atomic E-state index is 7.31. The van der Waals surface area contributed by atoms with Crippen LogP contribution in [0.3, 0.4) is 0 Å². The molecule has 0 unspecified atom stereocenters. The Morgan fingerprint density at radius 1 is 1.20 bits per heavy atom. The molecule has 0 saturated carbocycles. The molecule has 0 aliphatic heterocycles. The van der Waals surface area contributed by atoms with E-state index in [2.05, 4.69) is 22.9 Å². The van der Waals surface area contributed by atoms with Gasteiger partial charge < -0.3 is 5.73 Å². The summed E-state index contributed by atoms with van der Waals surface area (Å²) in [6.45, 7) is 0. The summed E-state index contributed by atoms with van der Waals surface area (Å²) in [6.07, 6.45) is 0.535. The van der Waals surface area contributed by atoms with Gasteiger partial charge in [-0.1, -0.05) is 30.3 Å². The van der Waals surface area contributed by atoms with E-state index in [0.717, 1.165) is 5.56 Å². The minimum atomic E-state index is 0.214. The van der Waals surface area contributed by atoms with Crippen LogP contribution < -0.4 is 5.73 Å². The number of benzene rings is 1. The summed E-state index contributed by atoms with van der Waals surface area (Å²) >= 11 is 1.65. The molecule has 0 radical (unpaired) electrons. The number of amidine groups is 1. The smallest absolute Gasteiger partial charge is 0.0950 e. The van der Waals surface area contributed by atoms with Gasteiger partial charge in [0.15, 0.2) is 0 Å². The monoisotopic (exact) mass is 216 g/mol. The van der Waals surface area contributed by atoms with Gasteiger partial charge >= 0.3 is 0 Å². The lowest BCUT2D eigenvalue weighted by atomic mass is 10.0. The lowest BCUT2D eigenvalue weighted by Crippen LogP contribution is -2.12. The number of nitrogens with two attached hydrogens (primary N) is 1. The third-order valence-corrected chi connectivity index (χ3v) is 3.00. The van der Waals surface area contributed by atoms with Crippen LogP contribution in [0.2, 0.25) is 0 Å². The van der Waals surface area contributed by atoms with Crippen molar-refractivity contribution < 1.29 is 0 Å². The summed E-state index contributed by atoms with van der Waals surface area (Å²) < 4.78 is 0. The molecule has 0 aliphatic carbocycles. The predicted octanol–water partition coefficient (Wildman–Crippen LogP) is 2.89. The fourth-order valence-electron chi connectivity index (χ4n) is 1.54. The van der Waals surface area contributed by atoms with E-state index in [1.54, 1.807) is 11.3 Å². The molecule has 0 fully saturated rings. The molecular weight excluding hydrogens is 204 g/mol. The number of rotatable bonds is 3. The van der Waals surface area contributed by atoms with Crippen molar-refractivity contribution in [1.82, 2.24) is 0 Å². The highest BCUT2D eigenvalue weighted by molar-refractivity contribution is 7.08. The molecule has 0 saturated heterocycles. The van der Waals surface area contributed by atoms with Crippen LogP contribution in [0.5, 0.6) is 0 Å². The lowest BCUT2D eigenvalue weighted by molar-refractivity contribution is 1.26. The molecule has 1 heterocycles. The van der Waals surface area contributed by atoms with E-state index >= 15 is 0 Å². The van der Waals surface area contributed by atoms with Crippen molar-refractivity contribution in [2.75, 3.05) is 0 Å². The molecule has 2 nitrogen and oxygen atoms in total. The topological polar surface area (TPSA) is 49.9 Å². The maximum Gasteiger partial charge on any atom is 0.0950 e. The molecule has 0 spiro atoms. The molecule has 0 amide bonds. The first-order valence-corrected chi connectivity index (χ1v) is 5.65. The standard InChI is InChI=1S/C12H12N2S/c13-12(14)6-10-7-15-8-11(10)9-4-2-1-3-5-9/h1-5,7-8H,6H2,(H3,13,14). The van der Waals surface area contributed by atoms with Crippen molar-refractivity contribution in [3.05, 3.63) is 46.7 Å². The minimum Gasteiger partial charge on any atom is -0.387 e. The maximum atomic E-state index is 7.31. The number of thiophene rings is 1. The van der Waals surface area contributed by atoms with Gasteiger partial charge in [0.1, 0.15) is 0 Å². The largest absolute Gasteiger partial charge is 0.387 e. The number of hydrogen-bond acceptors (Lipinski definition) is 2. The van der Waals surface area contributed by atoms with Crippen molar-refractivity contribution >= 4 is 17.2 Å². The van der Waals surface area contributed by atoms with E-state index in [-0.39, 0.29) is 5.84 Å². The van der Waals surface area contributed by atoms with E-state index in [1.165, 1.54) is 11.1 Å². The zero-order valence-electron chi connectivity index (χ0n) is 8.23. The zero-order chi connectivity index (χ0) is 10.7. The number of nitrogens with one attached hydrogen (secondary N) is 1. The fraction of sp³-hybridized carbons (Fsp3) is 0.0833. The fourth-order valence-corrected chi connectivity index (χ4v) is 2.40. The van der Waals surface area contributed by atoms with Gasteiger partial charge in [0.2, 0.25) is 0 Å². The molecule has 15 heavy (non-hydrogen) atoms. The molecule has 3 heteroatoms. The van der Waals surface area contributed by atoms with Gasteiger partial charge in [-0.05, 0) is 27.5 Å². The van der Waals surface area contributed by atoms with E-state index in [1.807, 2.05) is 18.2 Å². The summed E-state index contributed by atoms with van der Waals surface area (Å²) in [7, 11) is 0. The zero-order valence-corrected chi connectivity index (χ0v) is 9.05. The van der Waals surface area contributed by atoms with Crippen LogP contribution >= 0.6 is 11.3 Å². The third kappa shape index (κ3) is 2.25. The molecule has 1 aromatic heterocycles. The SMILES string of the molecule is N=C(N)Cc1cscc1-c1ccccc1. The molecule has 0 aliphatic rings. The molecule has 0 bridgehead atoms. The van der Waals surface area contributed by atoms with Gasteiger partial charge in [-0.2, -0.15) is 11.3 Å². The Kier molecular flexibility index (Phi) is 2.83. The second-order valence-corrected chi connectivity index (χ2v) is 4.12. The average molecular weight is 216 g/mol. The van der Waals surface area contributed by atoms with E-state index < -0.39 is 0 Å². The highest BCUT2D eigenvalue weighted by Gasteiger charge is 2.06. The minimum absolute atomic E-state index is 0.214. The first-order chi connectivity index (χ1) is 7.27. The van der Waals surface area contributed by atoms with Crippen LogP contribution in [0.1, 0.15) is 5.56 Å². The molecule has 3 N–H and O–H groups in total. The Morgan fingerprint density at radius 2 is 1.93 bits per heavy atom.